The van der Waals surface area contributed by atoms with Crippen molar-refractivity contribution in [2.24, 2.45) is 0 Å². The highest BCUT2D eigenvalue weighted by Gasteiger charge is 2.26. The molecule has 0 saturated heterocycles. The zero-order valence-electron chi connectivity index (χ0n) is 13.9. The van der Waals surface area contributed by atoms with Gasteiger partial charge < -0.3 is 15.4 Å². The lowest BCUT2D eigenvalue weighted by atomic mass is 10.1. The van der Waals surface area contributed by atoms with Crippen molar-refractivity contribution in [1.29, 1.82) is 0 Å². The lowest BCUT2D eigenvalue weighted by Gasteiger charge is -2.27. The molecule has 0 fully saturated rings. The minimum Gasteiger partial charge on any atom is -0.444 e. The predicted octanol–water partition coefficient (Wildman–Crippen LogP) is 2.98. The third-order valence-electron chi connectivity index (χ3n) is 2.35. The molecule has 0 aromatic heterocycles. The molecule has 0 saturated carbocycles. The first kappa shape index (κ1) is 18.7. The van der Waals surface area contributed by atoms with Gasteiger partial charge in [0.1, 0.15) is 11.6 Å². The molecule has 5 heteroatoms. The summed E-state index contributed by atoms with van der Waals surface area (Å²) >= 11 is 0. The zero-order valence-corrected chi connectivity index (χ0v) is 13.9. The number of rotatable bonds is 5. The number of carbonyl (C=O) groups is 2. The SMILES string of the molecule is CCCC[C@@H](NC(=O)OC(C)(C)C)C(=O)NC(C)(C)C. The van der Waals surface area contributed by atoms with Crippen LogP contribution in [0.3, 0.4) is 0 Å². The Kier molecular flexibility index (Phi) is 7.03. The van der Waals surface area contributed by atoms with Gasteiger partial charge in [0, 0.05) is 5.54 Å². The van der Waals surface area contributed by atoms with Crippen LogP contribution in [0.15, 0.2) is 0 Å². The molecule has 5 nitrogen and oxygen atoms in total. The number of hydrogen-bond acceptors (Lipinski definition) is 3. The monoisotopic (exact) mass is 286 g/mol. The smallest absolute Gasteiger partial charge is 0.408 e. The molecule has 0 aliphatic carbocycles. The Bertz CT molecular complexity index is 327. The summed E-state index contributed by atoms with van der Waals surface area (Å²) < 4.78 is 5.20. The second kappa shape index (κ2) is 7.50. The second-order valence-corrected chi connectivity index (χ2v) is 7.08. The maximum absolute atomic E-state index is 12.2. The molecule has 0 aliphatic rings. The molecule has 0 spiro atoms. The van der Waals surface area contributed by atoms with E-state index in [2.05, 4.69) is 10.6 Å². The molecular formula is C15H30N2O3. The Labute approximate surface area is 122 Å². The van der Waals surface area contributed by atoms with Gasteiger partial charge in [-0.25, -0.2) is 4.79 Å². The van der Waals surface area contributed by atoms with Gasteiger partial charge in [0.15, 0.2) is 0 Å². The first-order valence-corrected chi connectivity index (χ1v) is 7.26. The van der Waals surface area contributed by atoms with Gasteiger partial charge >= 0.3 is 6.09 Å². The van der Waals surface area contributed by atoms with Crippen LogP contribution >= 0.6 is 0 Å². The summed E-state index contributed by atoms with van der Waals surface area (Å²) in [5.74, 6) is -0.170. The van der Waals surface area contributed by atoms with Gasteiger partial charge in [-0.05, 0) is 48.0 Å². The largest absolute Gasteiger partial charge is 0.444 e. The number of alkyl carbamates (subject to hydrolysis) is 1. The van der Waals surface area contributed by atoms with Crippen molar-refractivity contribution in [2.45, 2.75) is 84.9 Å². The molecular weight excluding hydrogens is 256 g/mol. The summed E-state index contributed by atoms with van der Waals surface area (Å²) in [5.41, 5.74) is -0.892. The van der Waals surface area contributed by atoms with Gasteiger partial charge in [0.2, 0.25) is 5.91 Å². The summed E-state index contributed by atoms with van der Waals surface area (Å²) in [5, 5.41) is 5.54. The van der Waals surface area contributed by atoms with Crippen molar-refractivity contribution >= 4 is 12.0 Å². The first-order chi connectivity index (χ1) is 8.94. The predicted molar refractivity (Wildman–Crippen MR) is 80.6 cm³/mol. The maximum atomic E-state index is 12.2. The van der Waals surface area contributed by atoms with E-state index in [0.29, 0.717) is 6.42 Å². The molecule has 20 heavy (non-hydrogen) atoms. The lowest BCUT2D eigenvalue weighted by Crippen LogP contribution is -2.52. The molecule has 118 valence electrons. The highest BCUT2D eigenvalue weighted by molar-refractivity contribution is 5.86. The van der Waals surface area contributed by atoms with Crippen LogP contribution in [-0.4, -0.2) is 29.2 Å². The van der Waals surface area contributed by atoms with E-state index in [1.165, 1.54) is 0 Å². The number of carbonyl (C=O) groups excluding carboxylic acids is 2. The second-order valence-electron chi connectivity index (χ2n) is 7.08. The summed E-state index contributed by atoms with van der Waals surface area (Å²) in [6.45, 7) is 13.2. The van der Waals surface area contributed by atoms with Gasteiger partial charge in [-0.1, -0.05) is 19.8 Å². The van der Waals surface area contributed by atoms with E-state index in [9.17, 15) is 9.59 Å². The van der Waals surface area contributed by atoms with E-state index in [-0.39, 0.29) is 11.4 Å². The molecule has 0 aliphatic heterocycles. The third-order valence-corrected chi connectivity index (χ3v) is 2.35. The number of hydrogen-bond donors (Lipinski definition) is 2. The van der Waals surface area contributed by atoms with E-state index in [1.807, 2.05) is 27.7 Å². The Hall–Kier alpha value is -1.26. The van der Waals surface area contributed by atoms with E-state index in [4.69, 9.17) is 4.74 Å². The Morgan fingerprint density at radius 2 is 1.65 bits per heavy atom. The number of ether oxygens (including phenoxy) is 1. The fraction of sp³-hybridized carbons (Fsp3) is 0.867. The van der Waals surface area contributed by atoms with Crippen LogP contribution in [0.4, 0.5) is 4.79 Å². The van der Waals surface area contributed by atoms with E-state index >= 15 is 0 Å². The van der Waals surface area contributed by atoms with Gasteiger partial charge in [0.25, 0.3) is 0 Å². The first-order valence-electron chi connectivity index (χ1n) is 7.26. The Morgan fingerprint density at radius 3 is 2.05 bits per heavy atom. The fourth-order valence-electron chi connectivity index (χ4n) is 1.58. The van der Waals surface area contributed by atoms with E-state index in [1.54, 1.807) is 20.8 Å². The maximum Gasteiger partial charge on any atom is 0.408 e. The van der Waals surface area contributed by atoms with Crippen LogP contribution in [0.5, 0.6) is 0 Å². The van der Waals surface area contributed by atoms with Crippen LogP contribution in [0.2, 0.25) is 0 Å². The van der Waals surface area contributed by atoms with Crippen molar-refractivity contribution in [3.05, 3.63) is 0 Å². The highest BCUT2D eigenvalue weighted by atomic mass is 16.6. The quantitative estimate of drug-likeness (QED) is 0.816. The molecule has 0 radical (unpaired) electrons. The van der Waals surface area contributed by atoms with Crippen LogP contribution in [0, 0.1) is 0 Å². The summed E-state index contributed by atoms with van der Waals surface area (Å²) in [7, 11) is 0. The summed E-state index contributed by atoms with van der Waals surface area (Å²) in [6.07, 6.45) is 1.90. The number of nitrogens with one attached hydrogen (secondary N) is 2. The standard InChI is InChI=1S/C15H30N2O3/c1-8-9-10-11(12(18)17-14(2,3)4)16-13(19)20-15(5,6)7/h11H,8-10H2,1-7H3,(H,16,19)(H,17,18)/t11-/m1/s1. The van der Waals surface area contributed by atoms with E-state index in [0.717, 1.165) is 12.8 Å². The van der Waals surface area contributed by atoms with Crippen molar-refractivity contribution in [3.8, 4) is 0 Å². The zero-order chi connectivity index (χ0) is 16.0. The molecule has 2 amide bonds. The Morgan fingerprint density at radius 1 is 1.10 bits per heavy atom. The molecule has 2 N–H and O–H groups in total. The molecule has 1 atom stereocenters. The van der Waals surface area contributed by atoms with Crippen molar-refractivity contribution < 1.29 is 14.3 Å². The van der Waals surface area contributed by atoms with Gasteiger partial charge in [-0.15, -0.1) is 0 Å². The minimum atomic E-state index is -0.570. The van der Waals surface area contributed by atoms with Crippen molar-refractivity contribution in [3.63, 3.8) is 0 Å². The molecule has 0 aromatic rings. The van der Waals surface area contributed by atoms with E-state index < -0.39 is 17.7 Å². The van der Waals surface area contributed by atoms with Crippen LogP contribution < -0.4 is 10.6 Å². The topological polar surface area (TPSA) is 67.4 Å². The average molecular weight is 286 g/mol. The van der Waals surface area contributed by atoms with Crippen LogP contribution in [-0.2, 0) is 9.53 Å². The molecule has 0 unspecified atom stereocenters. The summed E-state index contributed by atoms with van der Waals surface area (Å²) in [4.78, 5) is 24.0. The third kappa shape index (κ3) is 9.64. The number of amides is 2. The minimum absolute atomic E-state index is 0.170. The molecule has 0 bridgehead atoms. The molecule has 0 rings (SSSR count). The van der Waals surface area contributed by atoms with Crippen LogP contribution in [0.25, 0.3) is 0 Å². The van der Waals surface area contributed by atoms with Gasteiger partial charge in [-0.3, -0.25) is 4.79 Å². The van der Waals surface area contributed by atoms with Crippen molar-refractivity contribution in [2.75, 3.05) is 0 Å². The molecule has 0 heterocycles. The highest BCUT2D eigenvalue weighted by Crippen LogP contribution is 2.09. The Balaban J connectivity index is 4.63. The lowest BCUT2D eigenvalue weighted by molar-refractivity contribution is -0.124. The fourth-order valence-corrected chi connectivity index (χ4v) is 1.58. The van der Waals surface area contributed by atoms with Gasteiger partial charge in [-0.2, -0.15) is 0 Å². The number of unbranched alkanes of at least 4 members (excludes halogenated alkanes) is 1. The van der Waals surface area contributed by atoms with Gasteiger partial charge in [0.05, 0.1) is 0 Å². The van der Waals surface area contributed by atoms with Crippen molar-refractivity contribution in [1.82, 2.24) is 10.6 Å². The average Bonchev–Trinajstić information content (AvgIpc) is 2.18. The summed E-state index contributed by atoms with van der Waals surface area (Å²) in [6, 6.07) is -0.552. The van der Waals surface area contributed by atoms with Crippen LogP contribution in [0.1, 0.15) is 67.7 Å². The normalized spacial score (nSPS) is 13.6. The molecule has 0 aromatic carbocycles.